The lowest BCUT2D eigenvalue weighted by molar-refractivity contribution is -0.137. The summed E-state index contributed by atoms with van der Waals surface area (Å²) in [6.45, 7) is 4.03. The summed E-state index contributed by atoms with van der Waals surface area (Å²) in [6.07, 6.45) is -1.70. The molecule has 1 fully saturated rings. The molecule has 176 valence electrons. The van der Waals surface area contributed by atoms with E-state index >= 15 is 0 Å². The van der Waals surface area contributed by atoms with Crippen molar-refractivity contribution < 1.29 is 18.0 Å². The van der Waals surface area contributed by atoms with Crippen LogP contribution in [0.4, 0.5) is 23.7 Å². The molecule has 0 radical (unpaired) electrons. The Bertz CT molecular complexity index is 849. The number of likely N-dealkylation sites (tertiary alicyclic amines) is 1. The fourth-order valence-corrected chi connectivity index (χ4v) is 4.60. The third-order valence-electron chi connectivity index (χ3n) is 5.74. The molecule has 5 nitrogen and oxygen atoms in total. The lowest BCUT2D eigenvalue weighted by Crippen LogP contribution is -2.50. The van der Waals surface area contributed by atoms with Crippen LogP contribution in [0.1, 0.15) is 23.3 Å². The van der Waals surface area contributed by atoms with Gasteiger partial charge in [-0.2, -0.15) is 13.2 Å². The number of anilines is 1. The van der Waals surface area contributed by atoms with Crippen LogP contribution in [-0.2, 0) is 12.6 Å². The first-order chi connectivity index (χ1) is 15.2. The molecule has 0 saturated carbocycles. The summed E-state index contributed by atoms with van der Waals surface area (Å²) < 4.78 is 39.1. The first kappa shape index (κ1) is 24.5. The van der Waals surface area contributed by atoms with Crippen LogP contribution in [0, 0.1) is 0 Å². The molecule has 3 rings (SSSR count). The van der Waals surface area contributed by atoms with Crippen molar-refractivity contribution in [1.29, 1.82) is 0 Å². The van der Waals surface area contributed by atoms with E-state index in [2.05, 4.69) is 27.7 Å². The van der Waals surface area contributed by atoms with Crippen LogP contribution in [0.5, 0.6) is 0 Å². The molecular weight excluding hydrogens is 437 g/mol. The molecule has 2 aromatic rings. The van der Waals surface area contributed by atoms with E-state index in [1.807, 2.05) is 19.0 Å². The van der Waals surface area contributed by atoms with E-state index in [9.17, 15) is 18.0 Å². The third kappa shape index (κ3) is 7.21. The zero-order valence-electron chi connectivity index (χ0n) is 18.6. The van der Waals surface area contributed by atoms with Crippen molar-refractivity contribution in [1.82, 2.24) is 14.7 Å². The van der Waals surface area contributed by atoms with E-state index in [1.165, 1.54) is 17.0 Å². The predicted molar refractivity (Wildman–Crippen MR) is 123 cm³/mol. The maximum absolute atomic E-state index is 13.1. The second-order valence-corrected chi connectivity index (χ2v) is 9.44. The van der Waals surface area contributed by atoms with Crippen LogP contribution < -0.4 is 5.32 Å². The number of urea groups is 1. The van der Waals surface area contributed by atoms with Crippen LogP contribution in [-0.4, -0.2) is 73.6 Å². The van der Waals surface area contributed by atoms with Crippen LogP contribution in [0.3, 0.4) is 0 Å². The molecule has 32 heavy (non-hydrogen) atoms. The van der Waals surface area contributed by atoms with Crippen LogP contribution in [0.25, 0.3) is 0 Å². The van der Waals surface area contributed by atoms with Crippen molar-refractivity contribution in [3.05, 3.63) is 52.2 Å². The van der Waals surface area contributed by atoms with Gasteiger partial charge in [0, 0.05) is 49.3 Å². The van der Waals surface area contributed by atoms with Gasteiger partial charge in [0.15, 0.2) is 0 Å². The van der Waals surface area contributed by atoms with Crippen molar-refractivity contribution >= 4 is 23.1 Å². The second kappa shape index (κ2) is 11.2. The summed E-state index contributed by atoms with van der Waals surface area (Å²) in [5, 5.41) is 4.78. The minimum absolute atomic E-state index is 0.0683. The van der Waals surface area contributed by atoms with E-state index in [1.54, 1.807) is 16.2 Å². The highest BCUT2D eigenvalue weighted by Crippen LogP contribution is 2.31. The lowest BCUT2D eigenvalue weighted by atomic mass is 10.0. The summed E-state index contributed by atoms with van der Waals surface area (Å²) in [6, 6.07) is 8.73. The fraction of sp³-hybridized carbons (Fsp3) is 0.522. The number of hydrogen-bond donors (Lipinski definition) is 1. The van der Waals surface area contributed by atoms with Gasteiger partial charge in [0.1, 0.15) is 0 Å². The number of halogens is 3. The van der Waals surface area contributed by atoms with Crippen LogP contribution in [0.2, 0.25) is 0 Å². The highest BCUT2D eigenvalue weighted by Gasteiger charge is 2.31. The van der Waals surface area contributed by atoms with Gasteiger partial charge < -0.3 is 20.0 Å². The molecule has 0 bridgehead atoms. The predicted octanol–water partition coefficient (Wildman–Crippen LogP) is 4.87. The Morgan fingerprint density at radius 3 is 2.53 bits per heavy atom. The van der Waals surface area contributed by atoms with Crippen molar-refractivity contribution in [2.24, 2.45) is 0 Å². The summed E-state index contributed by atoms with van der Waals surface area (Å²) >= 11 is 1.77. The van der Waals surface area contributed by atoms with Gasteiger partial charge in [-0.15, -0.1) is 11.3 Å². The van der Waals surface area contributed by atoms with E-state index in [4.69, 9.17) is 0 Å². The summed E-state index contributed by atoms with van der Waals surface area (Å²) in [5.41, 5.74) is -0.609. The van der Waals surface area contributed by atoms with E-state index in [0.29, 0.717) is 13.1 Å². The SMILES string of the molecule is CN(C)CCN(C(=O)Nc1cccc(C(F)(F)F)c1)C1CCN(CCc2cccs2)CC1. The summed E-state index contributed by atoms with van der Waals surface area (Å²) in [5.74, 6) is 0. The van der Waals surface area contributed by atoms with Gasteiger partial charge >= 0.3 is 12.2 Å². The number of likely N-dealkylation sites (N-methyl/N-ethyl adjacent to an activating group) is 1. The standard InChI is InChI=1S/C23H31F3N4OS/c1-28(2)14-15-30(22(31)27-19-6-3-5-18(17-19)23(24,25)26)20-8-11-29(12-9-20)13-10-21-7-4-16-32-21/h3-7,16-17,20H,8-15H2,1-2H3,(H,27,31). The van der Waals surface area contributed by atoms with Gasteiger partial charge in [-0.05, 0) is 63.0 Å². The Hall–Kier alpha value is -2.10. The van der Waals surface area contributed by atoms with Gasteiger partial charge in [0.05, 0.1) is 5.56 Å². The monoisotopic (exact) mass is 468 g/mol. The Labute approximate surface area is 191 Å². The number of thiophene rings is 1. The Morgan fingerprint density at radius 1 is 1.16 bits per heavy atom. The number of hydrogen-bond acceptors (Lipinski definition) is 4. The van der Waals surface area contributed by atoms with E-state index < -0.39 is 11.7 Å². The molecule has 2 heterocycles. The van der Waals surface area contributed by atoms with Crippen molar-refractivity contribution in [2.45, 2.75) is 31.5 Å². The van der Waals surface area contributed by atoms with Crippen molar-refractivity contribution in [2.75, 3.05) is 52.1 Å². The Morgan fingerprint density at radius 2 is 1.91 bits per heavy atom. The molecule has 9 heteroatoms. The van der Waals surface area contributed by atoms with E-state index in [-0.39, 0.29) is 17.8 Å². The van der Waals surface area contributed by atoms with Crippen LogP contribution >= 0.6 is 11.3 Å². The quantitative estimate of drug-likeness (QED) is 0.601. The molecule has 1 aromatic heterocycles. The molecule has 1 aliphatic rings. The highest BCUT2D eigenvalue weighted by molar-refractivity contribution is 7.09. The maximum atomic E-state index is 13.1. The zero-order chi connectivity index (χ0) is 23.1. The molecule has 2 amide bonds. The fourth-order valence-electron chi connectivity index (χ4n) is 3.90. The number of amides is 2. The molecule has 1 aromatic carbocycles. The normalized spacial score (nSPS) is 15.8. The minimum Gasteiger partial charge on any atom is -0.320 e. The first-order valence-corrected chi connectivity index (χ1v) is 11.7. The zero-order valence-corrected chi connectivity index (χ0v) is 19.4. The first-order valence-electron chi connectivity index (χ1n) is 10.9. The molecule has 1 aliphatic heterocycles. The van der Waals surface area contributed by atoms with Crippen molar-refractivity contribution in [3.63, 3.8) is 0 Å². The molecule has 1 saturated heterocycles. The average molecular weight is 469 g/mol. The molecule has 0 aliphatic carbocycles. The maximum Gasteiger partial charge on any atom is 0.416 e. The van der Waals surface area contributed by atoms with Crippen LogP contribution in [0.15, 0.2) is 41.8 Å². The lowest BCUT2D eigenvalue weighted by Gasteiger charge is -2.39. The largest absolute Gasteiger partial charge is 0.416 e. The number of rotatable bonds is 8. The smallest absolute Gasteiger partial charge is 0.320 e. The number of carbonyl (C=O) groups excluding carboxylic acids is 1. The third-order valence-corrected chi connectivity index (χ3v) is 6.68. The number of carbonyl (C=O) groups is 1. The van der Waals surface area contributed by atoms with Gasteiger partial charge in [-0.1, -0.05) is 12.1 Å². The van der Waals surface area contributed by atoms with Crippen molar-refractivity contribution in [3.8, 4) is 0 Å². The Balaban J connectivity index is 1.60. The second-order valence-electron chi connectivity index (χ2n) is 8.41. The molecule has 0 unspecified atom stereocenters. The van der Waals surface area contributed by atoms with Gasteiger partial charge in [0.2, 0.25) is 0 Å². The minimum atomic E-state index is -4.44. The van der Waals surface area contributed by atoms with E-state index in [0.717, 1.165) is 51.0 Å². The molecule has 0 spiro atoms. The number of benzene rings is 1. The average Bonchev–Trinajstić information content (AvgIpc) is 3.26. The van der Waals surface area contributed by atoms with Gasteiger partial charge in [0.25, 0.3) is 0 Å². The van der Waals surface area contributed by atoms with Gasteiger partial charge in [-0.3, -0.25) is 0 Å². The number of piperidine rings is 1. The number of alkyl halides is 3. The Kier molecular flexibility index (Phi) is 8.56. The number of nitrogens with zero attached hydrogens (tertiary/aromatic N) is 3. The number of nitrogens with one attached hydrogen (secondary N) is 1. The molecular formula is C23H31F3N4OS. The molecule has 0 atom stereocenters. The molecule has 1 N–H and O–H groups in total. The summed E-state index contributed by atoms with van der Waals surface area (Å²) in [7, 11) is 3.88. The topological polar surface area (TPSA) is 38.8 Å². The van der Waals surface area contributed by atoms with Gasteiger partial charge in [-0.25, -0.2) is 4.79 Å². The summed E-state index contributed by atoms with van der Waals surface area (Å²) in [4.78, 5) is 20.6. The highest BCUT2D eigenvalue weighted by atomic mass is 32.1.